The van der Waals surface area contributed by atoms with E-state index in [2.05, 4.69) is 4.74 Å². The van der Waals surface area contributed by atoms with Gasteiger partial charge in [-0.15, -0.1) is 0 Å². The lowest BCUT2D eigenvalue weighted by Crippen LogP contribution is -2.00. The predicted molar refractivity (Wildman–Crippen MR) is 78.9 cm³/mol. The van der Waals surface area contributed by atoms with E-state index < -0.39 is 8.03 Å². The topological polar surface area (TPSA) is 52.6 Å². The lowest BCUT2D eigenvalue weighted by molar-refractivity contribution is 0.0601. The van der Waals surface area contributed by atoms with E-state index in [1.165, 1.54) is 14.2 Å². The molecule has 2 aromatic carbocycles. The fourth-order valence-corrected chi connectivity index (χ4v) is 2.51. The molecule has 0 saturated carbocycles. The van der Waals surface area contributed by atoms with Crippen molar-refractivity contribution in [2.24, 2.45) is 0 Å². The molecule has 0 aliphatic carbocycles. The minimum atomic E-state index is -2.14. The van der Waals surface area contributed by atoms with Crippen molar-refractivity contribution < 1.29 is 18.6 Å². The fourth-order valence-electron chi connectivity index (χ4n) is 1.83. The van der Waals surface area contributed by atoms with Gasteiger partial charge < -0.3 is 9.26 Å². The average molecular weight is 290 g/mol. The van der Waals surface area contributed by atoms with Gasteiger partial charge in [-0.25, -0.2) is 4.79 Å². The fraction of sp³-hybridized carbons (Fsp3) is 0.133. The van der Waals surface area contributed by atoms with Crippen molar-refractivity contribution in [1.82, 2.24) is 0 Å². The molecular weight excluding hydrogens is 275 g/mol. The quantitative estimate of drug-likeness (QED) is 0.642. The zero-order valence-electron chi connectivity index (χ0n) is 11.3. The third-order valence-electron chi connectivity index (χ3n) is 2.95. The number of hydrogen-bond donors (Lipinski definition) is 0. The van der Waals surface area contributed by atoms with Crippen LogP contribution in [0.25, 0.3) is 11.1 Å². The Morgan fingerprint density at radius 3 is 1.85 bits per heavy atom. The molecule has 0 heterocycles. The Hall–Kier alpha value is -1.90. The first kappa shape index (κ1) is 14.5. The standard InChI is InChI=1S/C15H15O4P/c1-18-15(16)13-5-3-11(4-6-13)12-7-9-14(10-8-12)20(17)19-2/h3-10,20H,1-2H3. The maximum absolute atomic E-state index is 11.5. The molecular formula is C15H15O4P. The van der Waals surface area contributed by atoms with Crippen LogP contribution in [0.4, 0.5) is 0 Å². The van der Waals surface area contributed by atoms with E-state index in [0.717, 1.165) is 11.1 Å². The summed E-state index contributed by atoms with van der Waals surface area (Å²) in [6.45, 7) is 0. The summed E-state index contributed by atoms with van der Waals surface area (Å²) in [5, 5.41) is 0.687. The van der Waals surface area contributed by atoms with Gasteiger partial charge in [0.1, 0.15) is 0 Å². The minimum absolute atomic E-state index is 0.356. The van der Waals surface area contributed by atoms with E-state index >= 15 is 0 Å². The molecule has 0 aliphatic rings. The number of esters is 1. The first-order chi connectivity index (χ1) is 9.65. The van der Waals surface area contributed by atoms with Crippen molar-refractivity contribution in [2.75, 3.05) is 14.2 Å². The van der Waals surface area contributed by atoms with Crippen LogP contribution in [0.2, 0.25) is 0 Å². The van der Waals surface area contributed by atoms with Crippen LogP contribution in [0, 0.1) is 0 Å². The van der Waals surface area contributed by atoms with E-state index in [0.29, 0.717) is 10.9 Å². The highest BCUT2D eigenvalue weighted by molar-refractivity contribution is 7.48. The first-order valence-corrected chi connectivity index (χ1v) is 7.34. The Kier molecular flexibility index (Phi) is 4.72. The molecule has 0 fully saturated rings. The molecule has 0 radical (unpaired) electrons. The number of carbonyl (C=O) groups is 1. The highest BCUT2D eigenvalue weighted by Crippen LogP contribution is 2.23. The van der Waals surface area contributed by atoms with Crippen molar-refractivity contribution in [1.29, 1.82) is 0 Å². The van der Waals surface area contributed by atoms with Crippen LogP contribution in [-0.4, -0.2) is 20.2 Å². The lowest BCUT2D eigenvalue weighted by Gasteiger charge is -2.05. The maximum Gasteiger partial charge on any atom is 0.337 e. The summed E-state index contributed by atoms with van der Waals surface area (Å²) in [7, 11) is 0.649. The van der Waals surface area contributed by atoms with Crippen LogP contribution in [-0.2, 0) is 13.8 Å². The van der Waals surface area contributed by atoms with E-state index in [1.54, 1.807) is 24.3 Å². The second kappa shape index (κ2) is 6.51. The molecule has 4 nitrogen and oxygen atoms in total. The Balaban J connectivity index is 2.23. The normalized spacial score (nSPS) is 11.9. The molecule has 0 spiro atoms. The lowest BCUT2D eigenvalue weighted by atomic mass is 10.0. The van der Waals surface area contributed by atoms with Crippen LogP contribution in [0.3, 0.4) is 0 Å². The Labute approximate surface area is 118 Å². The molecule has 5 heteroatoms. The third-order valence-corrected chi connectivity index (χ3v) is 4.12. The molecule has 2 rings (SSSR count). The zero-order chi connectivity index (χ0) is 14.5. The van der Waals surface area contributed by atoms with Crippen molar-refractivity contribution in [3.05, 3.63) is 54.1 Å². The smallest absolute Gasteiger partial charge is 0.337 e. The molecule has 20 heavy (non-hydrogen) atoms. The number of ether oxygens (including phenoxy) is 1. The SMILES string of the molecule is COC(=O)c1ccc(-c2ccc([PH](=O)OC)cc2)cc1. The molecule has 0 saturated heterocycles. The van der Waals surface area contributed by atoms with Crippen LogP contribution in [0.15, 0.2) is 48.5 Å². The average Bonchev–Trinajstić information content (AvgIpc) is 2.53. The van der Waals surface area contributed by atoms with Crippen LogP contribution in [0.1, 0.15) is 10.4 Å². The summed E-state index contributed by atoms with van der Waals surface area (Å²) in [6, 6.07) is 14.5. The van der Waals surface area contributed by atoms with Crippen LogP contribution >= 0.6 is 8.03 Å². The number of hydrogen-bond acceptors (Lipinski definition) is 4. The molecule has 0 aliphatic heterocycles. The van der Waals surface area contributed by atoms with Gasteiger partial charge in [0, 0.05) is 12.4 Å². The highest BCUT2D eigenvalue weighted by Gasteiger charge is 2.06. The summed E-state index contributed by atoms with van der Waals surface area (Å²) in [6.07, 6.45) is 0. The molecule has 0 amide bonds. The van der Waals surface area contributed by atoms with Crippen LogP contribution < -0.4 is 5.30 Å². The van der Waals surface area contributed by atoms with E-state index in [4.69, 9.17) is 4.52 Å². The summed E-state index contributed by atoms with van der Waals surface area (Å²) in [5.74, 6) is -0.356. The van der Waals surface area contributed by atoms with Gasteiger partial charge in [0.05, 0.1) is 12.7 Å². The molecule has 104 valence electrons. The molecule has 0 N–H and O–H groups in total. The van der Waals surface area contributed by atoms with Crippen LogP contribution in [0.5, 0.6) is 0 Å². The zero-order valence-corrected chi connectivity index (χ0v) is 12.3. The van der Waals surface area contributed by atoms with E-state index in [9.17, 15) is 9.36 Å². The molecule has 1 unspecified atom stereocenters. The summed E-state index contributed by atoms with van der Waals surface area (Å²) in [5.41, 5.74) is 2.47. The number of methoxy groups -OCH3 is 1. The Bertz CT molecular complexity index is 560. The summed E-state index contributed by atoms with van der Waals surface area (Å²) >= 11 is 0. The van der Waals surface area contributed by atoms with Crippen molar-refractivity contribution in [3.8, 4) is 11.1 Å². The van der Waals surface area contributed by atoms with Gasteiger partial charge >= 0.3 is 5.97 Å². The highest BCUT2D eigenvalue weighted by atomic mass is 31.1. The first-order valence-electron chi connectivity index (χ1n) is 6.03. The largest absolute Gasteiger partial charge is 0.465 e. The van der Waals surface area contributed by atoms with Crippen molar-refractivity contribution in [3.63, 3.8) is 0 Å². The second-order valence-corrected chi connectivity index (χ2v) is 5.70. The van der Waals surface area contributed by atoms with Gasteiger partial charge in [0.25, 0.3) is 0 Å². The molecule has 1 atom stereocenters. The van der Waals surface area contributed by atoms with Gasteiger partial charge in [0.15, 0.2) is 0 Å². The number of rotatable bonds is 4. The number of benzene rings is 2. The second-order valence-electron chi connectivity index (χ2n) is 4.14. The summed E-state index contributed by atoms with van der Waals surface area (Å²) < 4.78 is 21.0. The molecule has 0 aromatic heterocycles. The van der Waals surface area contributed by atoms with Gasteiger partial charge in [-0.2, -0.15) is 0 Å². The molecule has 0 bridgehead atoms. The van der Waals surface area contributed by atoms with Crippen molar-refractivity contribution >= 4 is 19.3 Å². The van der Waals surface area contributed by atoms with Gasteiger partial charge in [-0.3, -0.25) is 4.57 Å². The van der Waals surface area contributed by atoms with E-state index in [1.807, 2.05) is 24.3 Å². The van der Waals surface area contributed by atoms with Gasteiger partial charge in [-0.05, 0) is 35.4 Å². The monoisotopic (exact) mass is 290 g/mol. The summed E-state index contributed by atoms with van der Waals surface area (Å²) in [4.78, 5) is 11.3. The predicted octanol–water partition coefficient (Wildman–Crippen LogP) is 2.89. The number of carbonyl (C=O) groups excluding carboxylic acids is 1. The minimum Gasteiger partial charge on any atom is -0.465 e. The van der Waals surface area contributed by atoms with Gasteiger partial charge in [0.2, 0.25) is 8.03 Å². The Morgan fingerprint density at radius 1 is 0.900 bits per heavy atom. The maximum atomic E-state index is 11.5. The van der Waals surface area contributed by atoms with Gasteiger partial charge in [-0.1, -0.05) is 24.3 Å². The van der Waals surface area contributed by atoms with Crippen molar-refractivity contribution in [2.45, 2.75) is 0 Å². The Morgan fingerprint density at radius 2 is 1.40 bits per heavy atom. The molecule has 2 aromatic rings. The van der Waals surface area contributed by atoms with E-state index in [-0.39, 0.29) is 5.97 Å². The third kappa shape index (κ3) is 3.16.